The number of fused-ring (bicyclic) bond motifs is 1. The molecule has 1 N–H and O–H groups in total. The van der Waals surface area contributed by atoms with Crippen LogP contribution in [0.1, 0.15) is 17.9 Å². The lowest BCUT2D eigenvalue weighted by Crippen LogP contribution is -2.07. The number of hydrogen-bond acceptors (Lipinski definition) is 5. The van der Waals surface area contributed by atoms with E-state index in [1.54, 1.807) is 18.2 Å². The summed E-state index contributed by atoms with van der Waals surface area (Å²) in [5, 5.41) is 4.18. The maximum absolute atomic E-state index is 11.8. The van der Waals surface area contributed by atoms with Gasteiger partial charge in [-0.15, -0.1) is 0 Å². The lowest BCUT2D eigenvalue weighted by molar-refractivity contribution is 0.602. The molecular weight excluding hydrogens is 322 g/mol. The lowest BCUT2D eigenvalue weighted by atomic mass is 10.1. The van der Waals surface area contributed by atoms with Crippen LogP contribution in [0.15, 0.2) is 59.8 Å². The van der Waals surface area contributed by atoms with Crippen molar-refractivity contribution in [1.82, 2.24) is 9.97 Å². The molecule has 1 aliphatic rings. The van der Waals surface area contributed by atoms with Crippen LogP contribution in [0.4, 0.5) is 5.82 Å². The zero-order chi connectivity index (χ0) is 16.7. The van der Waals surface area contributed by atoms with E-state index in [4.69, 9.17) is 0 Å². The molecule has 2 atom stereocenters. The topological polar surface area (TPSA) is 72.0 Å². The highest BCUT2D eigenvalue weighted by atomic mass is 32.2. The zero-order valence-electron chi connectivity index (χ0n) is 13.2. The molecule has 2 unspecified atom stereocenters. The van der Waals surface area contributed by atoms with Gasteiger partial charge in [0, 0.05) is 23.6 Å². The van der Waals surface area contributed by atoms with E-state index in [1.807, 2.05) is 18.2 Å². The fourth-order valence-corrected chi connectivity index (χ4v) is 3.63. The first kappa shape index (κ1) is 15.1. The van der Waals surface area contributed by atoms with Gasteiger partial charge in [0.2, 0.25) is 0 Å². The van der Waals surface area contributed by atoms with Crippen LogP contribution >= 0.6 is 0 Å². The fourth-order valence-electron chi connectivity index (χ4n) is 2.98. The van der Waals surface area contributed by atoms with Gasteiger partial charge in [0.1, 0.15) is 12.1 Å². The van der Waals surface area contributed by atoms with Gasteiger partial charge in [0.15, 0.2) is 9.84 Å². The number of hydrogen-bond donors (Lipinski definition) is 1. The molecule has 24 heavy (non-hydrogen) atoms. The smallest absolute Gasteiger partial charge is 0.175 e. The highest BCUT2D eigenvalue weighted by molar-refractivity contribution is 7.90. The van der Waals surface area contributed by atoms with Crippen molar-refractivity contribution in [3.8, 4) is 0 Å². The first-order chi connectivity index (χ1) is 11.5. The van der Waals surface area contributed by atoms with Crippen LogP contribution in [0.3, 0.4) is 0 Å². The molecule has 0 radical (unpaired) electrons. The van der Waals surface area contributed by atoms with Gasteiger partial charge in [-0.2, -0.15) is 0 Å². The Kier molecular flexibility index (Phi) is 3.49. The number of sulfone groups is 1. The van der Waals surface area contributed by atoms with Crippen molar-refractivity contribution in [3.05, 3.63) is 60.4 Å². The Balaban J connectivity index is 1.65. The van der Waals surface area contributed by atoms with E-state index in [0.717, 1.165) is 17.3 Å². The van der Waals surface area contributed by atoms with Crippen molar-refractivity contribution in [3.63, 3.8) is 0 Å². The summed E-state index contributed by atoms with van der Waals surface area (Å²) >= 11 is 0. The average Bonchev–Trinajstić information content (AvgIpc) is 3.34. The third-order valence-electron chi connectivity index (χ3n) is 4.38. The highest BCUT2D eigenvalue weighted by Crippen LogP contribution is 2.43. The number of anilines is 1. The summed E-state index contributed by atoms with van der Waals surface area (Å²) in [4.78, 5) is 8.83. The van der Waals surface area contributed by atoms with Gasteiger partial charge in [0.05, 0.1) is 10.4 Å². The maximum atomic E-state index is 11.8. The Morgan fingerprint density at radius 1 is 1.08 bits per heavy atom. The number of benzene rings is 2. The highest BCUT2D eigenvalue weighted by Gasteiger charge is 2.38. The zero-order valence-corrected chi connectivity index (χ0v) is 14.0. The molecule has 0 saturated heterocycles. The van der Waals surface area contributed by atoms with Crippen LogP contribution < -0.4 is 5.32 Å². The Labute approximate surface area is 140 Å². The summed E-state index contributed by atoms with van der Waals surface area (Å²) in [6.45, 7) is 0. The first-order valence-corrected chi connectivity index (χ1v) is 9.68. The van der Waals surface area contributed by atoms with Gasteiger partial charge in [0.25, 0.3) is 0 Å². The van der Waals surface area contributed by atoms with Crippen molar-refractivity contribution < 1.29 is 8.42 Å². The minimum absolute atomic E-state index is 0.281. The molecule has 1 aromatic heterocycles. The van der Waals surface area contributed by atoms with E-state index in [-0.39, 0.29) is 4.90 Å². The number of rotatable bonds is 4. The van der Waals surface area contributed by atoms with Crippen LogP contribution in [-0.2, 0) is 9.84 Å². The first-order valence-electron chi connectivity index (χ1n) is 7.79. The summed E-state index contributed by atoms with van der Waals surface area (Å²) in [5.74, 6) is 1.16. The molecule has 122 valence electrons. The average molecular weight is 339 g/mol. The summed E-state index contributed by atoms with van der Waals surface area (Å²) in [6.07, 6.45) is 3.75. The van der Waals surface area contributed by atoms with Gasteiger partial charge in [-0.25, -0.2) is 18.4 Å². The molecule has 6 heteroatoms. The van der Waals surface area contributed by atoms with Crippen LogP contribution in [0.25, 0.3) is 10.9 Å². The van der Waals surface area contributed by atoms with Gasteiger partial charge in [-0.05, 0) is 30.2 Å². The van der Waals surface area contributed by atoms with Crippen molar-refractivity contribution in [2.24, 2.45) is 0 Å². The Bertz CT molecular complexity index is 1000. The second-order valence-corrected chi connectivity index (χ2v) is 8.19. The molecule has 3 aromatic rings. The largest absolute Gasteiger partial charge is 0.366 e. The fraction of sp³-hybridized carbons (Fsp3) is 0.222. The summed E-state index contributed by atoms with van der Waals surface area (Å²) in [6, 6.07) is 15.6. The van der Waals surface area contributed by atoms with Gasteiger partial charge < -0.3 is 5.32 Å². The standard InChI is InChI=1S/C18H17N3O2S/c1-24(22,23)13-7-8-16-15(9-13)18(20-11-19-16)21-17-10-14(17)12-5-3-2-4-6-12/h2-9,11,14,17H,10H2,1H3,(H,19,20,21). The monoisotopic (exact) mass is 339 g/mol. The predicted molar refractivity (Wildman–Crippen MR) is 93.9 cm³/mol. The van der Waals surface area contributed by atoms with E-state index in [0.29, 0.717) is 17.8 Å². The van der Waals surface area contributed by atoms with Crippen molar-refractivity contribution in [1.29, 1.82) is 0 Å². The van der Waals surface area contributed by atoms with Gasteiger partial charge in [-0.1, -0.05) is 30.3 Å². The third-order valence-corrected chi connectivity index (χ3v) is 5.49. The lowest BCUT2D eigenvalue weighted by Gasteiger charge is -2.09. The molecule has 0 amide bonds. The molecule has 5 nitrogen and oxygen atoms in total. The van der Waals surface area contributed by atoms with Crippen LogP contribution in [0, 0.1) is 0 Å². The molecule has 4 rings (SSSR count). The number of nitrogens with zero attached hydrogens (tertiary/aromatic N) is 2. The van der Waals surface area contributed by atoms with Crippen LogP contribution in [0.2, 0.25) is 0 Å². The molecule has 0 spiro atoms. The Morgan fingerprint density at radius 3 is 2.62 bits per heavy atom. The molecule has 0 bridgehead atoms. The Hall–Kier alpha value is -2.47. The summed E-state index contributed by atoms with van der Waals surface area (Å²) in [7, 11) is -3.26. The van der Waals surface area contributed by atoms with Crippen LogP contribution in [-0.4, -0.2) is 30.7 Å². The quantitative estimate of drug-likeness (QED) is 0.791. The van der Waals surface area contributed by atoms with E-state index >= 15 is 0 Å². The third kappa shape index (κ3) is 2.85. The molecule has 1 fully saturated rings. The minimum Gasteiger partial charge on any atom is -0.366 e. The molecule has 0 aliphatic heterocycles. The van der Waals surface area contributed by atoms with Crippen molar-refractivity contribution >= 4 is 26.6 Å². The summed E-state index contributed by atoms with van der Waals surface area (Å²) < 4.78 is 23.6. The molecule has 1 heterocycles. The second kappa shape index (κ2) is 5.56. The SMILES string of the molecule is CS(=O)(=O)c1ccc2ncnc(NC3CC3c3ccccc3)c2c1. The number of nitrogens with one attached hydrogen (secondary N) is 1. The summed E-state index contributed by atoms with van der Waals surface area (Å²) in [5.41, 5.74) is 2.04. The van der Waals surface area contributed by atoms with Crippen molar-refractivity contribution in [2.45, 2.75) is 23.3 Å². The van der Waals surface area contributed by atoms with E-state index in [9.17, 15) is 8.42 Å². The predicted octanol–water partition coefficient (Wildman–Crippen LogP) is 3.00. The normalized spacial score (nSPS) is 20.0. The van der Waals surface area contributed by atoms with Crippen molar-refractivity contribution in [2.75, 3.05) is 11.6 Å². The molecule has 2 aromatic carbocycles. The maximum Gasteiger partial charge on any atom is 0.175 e. The van der Waals surface area contributed by atoms with Gasteiger partial charge >= 0.3 is 0 Å². The molecule has 1 saturated carbocycles. The number of aromatic nitrogens is 2. The molecule has 1 aliphatic carbocycles. The second-order valence-electron chi connectivity index (χ2n) is 6.18. The van der Waals surface area contributed by atoms with E-state index in [2.05, 4.69) is 27.4 Å². The van der Waals surface area contributed by atoms with E-state index < -0.39 is 9.84 Å². The molecular formula is C18H17N3O2S. The minimum atomic E-state index is -3.26. The Morgan fingerprint density at radius 2 is 1.88 bits per heavy atom. The van der Waals surface area contributed by atoms with E-state index in [1.165, 1.54) is 18.1 Å². The van der Waals surface area contributed by atoms with Crippen LogP contribution in [0.5, 0.6) is 0 Å². The van der Waals surface area contributed by atoms with Gasteiger partial charge in [-0.3, -0.25) is 0 Å².